The van der Waals surface area contributed by atoms with Crippen LogP contribution in [-0.2, 0) is 32.4 Å². The lowest BCUT2D eigenvalue weighted by Crippen LogP contribution is -2.43. The summed E-state index contributed by atoms with van der Waals surface area (Å²) in [6.07, 6.45) is 1.07. The van der Waals surface area contributed by atoms with Crippen LogP contribution in [0.15, 0.2) is 41.3 Å². The fourth-order valence-corrected chi connectivity index (χ4v) is 4.03. The number of aliphatic hydroxyl groups is 1. The Bertz CT molecular complexity index is 1020. The normalized spacial score (nSPS) is 12.3. The van der Waals surface area contributed by atoms with Crippen LogP contribution >= 0.6 is 23.2 Å². The van der Waals surface area contributed by atoms with Crippen LogP contribution in [0.25, 0.3) is 0 Å². The highest BCUT2D eigenvalue weighted by Crippen LogP contribution is 2.27. The van der Waals surface area contributed by atoms with E-state index in [-0.39, 0.29) is 33.5 Å². The molecule has 1 amide bonds. The molecule has 0 heterocycles. The summed E-state index contributed by atoms with van der Waals surface area (Å²) in [7, 11) is -2.26. The number of benzene rings is 2. The largest absolute Gasteiger partial charge is 0.467 e. The number of ether oxygens (including phenoxy) is 1. The number of hydrogen-bond acceptors (Lipinski definition) is 6. The fraction of sp³-hybridized carbons (Fsp3) is 0.263. The van der Waals surface area contributed by atoms with Gasteiger partial charge in [-0.15, -0.1) is 0 Å². The first-order valence-corrected chi connectivity index (χ1v) is 11.0. The lowest BCUT2D eigenvalue weighted by Gasteiger charge is -2.18. The Balaban J connectivity index is 2.31. The molecule has 156 valence electrons. The van der Waals surface area contributed by atoms with Crippen LogP contribution in [0, 0.1) is 0 Å². The third kappa shape index (κ3) is 5.93. The molecule has 1 atom stereocenters. The third-order valence-electron chi connectivity index (χ3n) is 4.07. The first kappa shape index (κ1) is 23.2. The molecule has 2 rings (SSSR count). The van der Waals surface area contributed by atoms with Gasteiger partial charge in [0.05, 0.1) is 34.2 Å². The van der Waals surface area contributed by atoms with E-state index in [1.807, 2.05) is 0 Å². The number of halogens is 2. The molecule has 29 heavy (non-hydrogen) atoms. The Kier molecular flexibility index (Phi) is 7.65. The quantitative estimate of drug-likeness (QED) is 0.615. The van der Waals surface area contributed by atoms with E-state index in [1.165, 1.54) is 31.4 Å². The van der Waals surface area contributed by atoms with Crippen molar-refractivity contribution in [3.63, 3.8) is 0 Å². The Morgan fingerprint density at radius 2 is 1.76 bits per heavy atom. The highest BCUT2D eigenvalue weighted by atomic mass is 35.5. The van der Waals surface area contributed by atoms with Crippen molar-refractivity contribution in [3.05, 3.63) is 63.1 Å². The zero-order valence-corrected chi connectivity index (χ0v) is 17.9. The average Bonchev–Trinajstić information content (AvgIpc) is 2.65. The van der Waals surface area contributed by atoms with Crippen molar-refractivity contribution < 1.29 is 27.9 Å². The maximum Gasteiger partial charge on any atom is 0.328 e. The molecule has 0 aliphatic heterocycles. The van der Waals surface area contributed by atoms with Crippen molar-refractivity contribution in [1.29, 1.82) is 0 Å². The number of rotatable bonds is 7. The van der Waals surface area contributed by atoms with Crippen LogP contribution < -0.4 is 5.32 Å². The summed E-state index contributed by atoms with van der Waals surface area (Å²) < 4.78 is 28.2. The van der Waals surface area contributed by atoms with E-state index in [0.717, 1.165) is 6.26 Å². The van der Waals surface area contributed by atoms with Crippen LogP contribution in [0.2, 0.25) is 10.0 Å². The molecule has 0 bridgehead atoms. The number of nitrogens with one attached hydrogen (secondary N) is 1. The topological polar surface area (TPSA) is 110 Å². The minimum absolute atomic E-state index is 0.00820. The van der Waals surface area contributed by atoms with Gasteiger partial charge in [-0.05, 0) is 35.4 Å². The number of carbonyl (C=O) groups excluding carboxylic acids is 2. The summed E-state index contributed by atoms with van der Waals surface area (Å²) >= 11 is 12.2. The zero-order valence-electron chi connectivity index (χ0n) is 15.6. The van der Waals surface area contributed by atoms with Crippen LogP contribution in [0.1, 0.15) is 21.5 Å². The van der Waals surface area contributed by atoms with Crippen molar-refractivity contribution in [1.82, 2.24) is 5.32 Å². The van der Waals surface area contributed by atoms with Gasteiger partial charge >= 0.3 is 5.97 Å². The maximum atomic E-state index is 12.7. The molecule has 0 spiro atoms. The summed E-state index contributed by atoms with van der Waals surface area (Å²) in [6, 6.07) is 7.72. The smallest absolute Gasteiger partial charge is 0.328 e. The van der Waals surface area contributed by atoms with Crippen LogP contribution in [0.5, 0.6) is 0 Å². The molecule has 0 fully saturated rings. The van der Waals surface area contributed by atoms with Gasteiger partial charge in [-0.2, -0.15) is 0 Å². The summed E-state index contributed by atoms with van der Waals surface area (Å²) in [5.41, 5.74) is 0.888. The number of amides is 1. The summed E-state index contributed by atoms with van der Waals surface area (Å²) in [5.74, 6) is -1.43. The Morgan fingerprint density at radius 1 is 1.14 bits per heavy atom. The van der Waals surface area contributed by atoms with Gasteiger partial charge in [0.2, 0.25) is 0 Å². The molecular weight excluding hydrogens is 441 g/mol. The minimum atomic E-state index is -3.43. The molecule has 0 saturated carbocycles. The second-order valence-electron chi connectivity index (χ2n) is 6.27. The fourth-order valence-electron chi connectivity index (χ4n) is 2.64. The molecule has 2 N–H and O–H groups in total. The van der Waals surface area contributed by atoms with Crippen molar-refractivity contribution in [2.75, 3.05) is 13.4 Å². The number of methoxy groups -OCH3 is 1. The molecule has 2 aromatic carbocycles. The molecule has 7 nitrogen and oxygen atoms in total. The van der Waals surface area contributed by atoms with Crippen molar-refractivity contribution in [3.8, 4) is 0 Å². The standard InChI is InChI=1S/C19H19Cl2NO6S/c1-28-19(25)16(9-11-4-3-5-13(6-11)29(2,26)27)22-18(24)17-14(20)7-12(10-23)8-15(17)21/h3-8,16,23H,9-10H2,1-2H3,(H,22,24)/t16-/m0/s1. The van der Waals surface area contributed by atoms with Crippen molar-refractivity contribution in [2.24, 2.45) is 0 Å². The van der Waals surface area contributed by atoms with Gasteiger partial charge in [-0.25, -0.2) is 13.2 Å². The second kappa shape index (κ2) is 9.58. The highest BCUT2D eigenvalue weighted by molar-refractivity contribution is 7.90. The van der Waals surface area contributed by atoms with Gasteiger partial charge in [0, 0.05) is 12.7 Å². The molecule has 0 aromatic heterocycles. The minimum Gasteiger partial charge on any atom is -0.467 e. The van der Waals surface area contributed by atoms with Crippen molar-refractivity contribution in [2.45, 2.75) is 24.0 Å². The maximum absolute atomic E-state index is 12.7. The molecule has 0 aliphatic rings. The van der Waals surface area contributed by atoms with E-state index in [0.29, 0.717) is 11.1 Å². The zero-order chi connectivity index (χ0) is 21.8. The summed E-state index contributed by atoms with van der Waals surface area (Å²) in [4.78, 5) is 25.0. The second-order valence-corrected chi connectivity index (χ2v) is 9.10. The Hall–Kier alpha value is -2.13. The van der Waals surface area contributed by atoms with Crippen molar-refractivity contribution >= 4 is 44.9 Å². The van der Waals surface area contributed by atoms with Gasteiger partial charge in [0.1, 0.15) is 6.04 Å². The SMILES string of the molecule is COC(=O)[C@H](Cc1cccc(S(C)(=O)=O)c1)NC(=O)c1c(Cl)cc(CO)cc1Cl. The van der Waals surface area contributed by atoms with E-state index >= 15 is 0 Å². The van der Waals surface area contributed by atoms with Gasteiger partial charge < -0.3 is 15.2 Å². The highest BCUT2D eigenvalue weighted by Gasteiger charge is 2.25. The molecule has 10 heteroatoms. The van der Waals surface area contributed by atoms with E-state index in [9.17, 15) is 23.1 Å². The summed E-state index contributed by atoms with van der Waals surface area (Å²) in [6.45, 7) is -0.303. The number of aliphatic hydroxyl groups excluding tert-OH is 1. The first-order valence-electron chi connectivity index (χ1n) is 8.33. The number of sulfone groups is 1. The number of esters is 1. The number of carbonyl (C=O) groups is 2. The van der Waals surface area contributed by atoms with E-state index < -0.39 is 27.8 Å². The van der Waals surface area contributed by atoms with Gasteiger partial charge in [-0.1, -0.05) is 35.3 Å². The molecule has 2 aromatic rings. The Labute approximate surface area is 178 Å². The third-order valence-corrected chi connectivity index (χ3v) is 5.78. The molecule has 0 aliphatic carbocycles. The average molecular weight is 460 g/mol. The lowest BCUT2D eigenvalue weighted by molar-refractivity contribution is -0.142. The predicted octanol–water partition coefficient (Wildman–Crippen LogP) is 2.40. The van der Waals surface area contributed by atoms with Gasteiger partial charge in [-0.3, -0.25) is 4.79 Å². The van der Waals surface area contributed by atoms with E-state index in [1.54, 1.807) is 12.1 Å². The lowest BCUT2D eigenvalue weighted by atomic mass is 10.0. The molecule has 0 radical (unpaired) electrons. The van der Waals surface area contributed by atoms with Crippen LogP contribution in [0.4, 0.5) is 0 Å². The van der Waals surface area contributed by atoms with E-state index in [4.69, 9.17) is 27.9 Å². The van der Waals surface area contributed by atoms with Gasteiger partial charge in [0.25, 0.3) is 5.91 Å². The van der Waals surface area contributed by atoms with E-state index in [2.05, 4.69) is 5.32 Å². The number of hydrogen-bond donors (Lipinski definition) is 2. The molecule has 0 unspecified atom stereocenters. The molecular formula is C19H19Cl2NO6S. The first-order chi connectivity index (χ1) is 13.6. The van der Waals surface area contributed by atoms with Gasteiger partial charge in [0.15, 0.2) is 9.84 Å². The monoisotopic (exact) mass is 459 g/mol. The Morgan fingerprint density at radius 3 is 2.28 bits per heavy atom. The van der Waals surface area contributed by atoms with Crippen LogP contribution in [0.3, 0.4) is 0 Å². The predicted molar refractivity (Wildman–Crippen MR) is 109 cm³/mol. The molecule has 0 saturated heterocycles. The van der Waals surface area contributed by atoms with Crippen LogP contribution in [-0.4, -0.2) is 44.8 Å². The summed E-state index contributed by atoms with van der Waals surface area (Å²) in [5, 5.41) is 11.7.